The molecule has 0 N–H and O–H groups in total. The summed E-state index contributed by atoms with van der Waals surface area (Å²) in [4.78, 5) is 20.8. The van der Waals surface area contributed by atoms with Gasteiger partial charge in [-0.15, -0.1) is 0 Å². The van der Waals surface area contributed by atoms with E-state index in [1.807, 2.05) is 42.5 Å². The molecule has 0 saturated carbocycles. The van der Waals surface area contributed by atoms with E-state index in [0.717, 1.165) is 79.6 Å². The highest BCUT2D eigenvalue weighted by Gasteiger charge is 2.21. The Morgan fingerprint density at radius 1 is 0.483 bits per heavy atom. The van der Waals surface area contributed by atoms with Crippen molar-refractivity contribution < 1.29 is 4.42 Å². The van der Waals surface area contributed by atoms with E-state index in [-0.39, 0.29) is 0 Å². The van der Waals surface area contributed by atoms with Crippen LogP contribution in [-0.4, -0.2) is 24.5 Å². The second-order valence-electron chi connectivity index (χ2n) is 14.9. The van der Waals surface area contributed by atoms with Gasteiger partial charge < -0.3 is 4.42 Å². The van der Waals surface area contributed by atoms with Gasteiger partial charge in [-0.25, -0.2) is 19.9 Å². The number of nitrogens with zero attached hydrogens (tertiary/aromatic N) is 5. The molecule has 0 amide bonds. The normalized spacial score (nSPS) is 12.6. The van der Waals surface area contributed by atoms with Crippen LogP contribution in [0.5, 0.6) is 0 Å². The fourth-order valence-corrected chi connectivity index (χ4v) is 8.86. The average Bonchev–Trinajstić information content (AvgIpc) is 3.88. The molecule has 6 nitrogen and oxygen atoms in total. The van der Waals surface area contributed by atoms with Crippen molar-refractivity contribution in [1.82, 2.24) is 24.5 Å². The summed E-state index contributed by atoms with van der Waals surface area (Å²) in [5.41, 5.74) is 11.1. The minimum atomic E-state index is 0.590. The van der Waals surface area contributed by atoms with E-state index in [4.69, 9.17) is 24.4 Å². The second kappa shape index (κ2) is 12.9. The second-order valence-corrected chi connectivity index (χ2v) is 14.9. The Bertz CT molecular complexity index is 3450. The summed E-state index contributed by atoms with van der Waals surface area (Å²) in [6, 6.07) is 56.7. The third-order valence-electron chi connectivity index (χ3n) is 11.5. The Kier molecular flexibility index (Phi) is 7.25. The zero-order chi connectivity index (χ0) is 38.2. The fraction of sp³-hybridized carbons (Fsp3) is 0.0385. The van der Waals surface area contributed by atoms with E-state index in [0.29, 0.717) is 17.5 Å². The summed E-state index contributed by atoms with van der Waals surface area (Å²) in [7, 11) is 0. The Balaban J connectivity index is 1.05. The molecule has 58 heavy (non-hydrogen) atoms. The van der Waals surface area contributed by atoms with E-state index in [9.17, 15) is 0 Å². The number of hydrogen-bond acceptors (Lipinski definition) is 5. The lowest BCUT2D eigenvalue weighted by atomic mass is 9.86. The number of furan rings is 1. The molecule has 0 atom stereocenters. The molecule has 0 aliphatic heterocycles. The summed E-state index contributed by atoms with van der Waals surface area (Å²) in [6.07, 6.45) is 6.65. The monoisotopic (exact) mass is 743 g/mol. The first-order chi connectivity index (χ1) is 28.7. The largest absolute Gasteiger partial charge is 0.456 e. The van der Waals surface area contributed by atoms with Gasteiger partial charge in [-0.05, 0) is 88.0 Å². The molecular weight excluding hydrogens is 711 g/mol. The van der Waals surface area contributed by atoms with Crippen molar-refractivity contribution in [1.29, 1.82) is 0 Å². The van der Waals surface area contributed by atoms with Crippen LogP contribution in [0.2, 0.25) is 0 Å². The summed E-state index contributed by atoms with van der Waals surface area (Å²) in [5.74, 6) is 2.67. The Labute approximate surface area is 333 Å². The number of rotatable bonds is 5. The lowest BCUT2D eigenvalue weighted by Crippen LogP contribution is -2.01. The van der Waals surface area contributed by atoms with Gasteiger partial charge in [0.2, 0.25) is 0 Å². The highest BCUT2D eigenvalue weighted by atomic mass is 16.3. The number of benzene rings is 8. The van der Waals surface area contributed by atoms with Crippen molar-refractivity contribution in [2.45, 2.75) is 12.8 Å². The molecule has 0 spiro atoms. The van der Waals surface area contributed by atoms with Gasteiger partial charge in [0.1, 0.15) is 17.0 Å². The predicted molar refractivity (Wildman–Crippen MR) is 236 cm³/mol. The molecule has 272 valence electrons. The zero-order valence-corrected chi connectivity index (χ0v) is 31.3. The van der Waals surface area contributed by atoms with Crippen LogP contribution in [0, 0.1) is 0 Å². The highest BCUT2D eigenvalue weighted by Crippen LogP contribution is 2.40. The van der Waals surface area contributed by atoms with E-state index in [1.54, 1.807) is 0 Å². The van der Waals surface area contributed by atoms with Crippen molar-refractivity contribution >= 4 is 60.6 Å². The number of imidazole rings is 1. The van der Waals surface area contributed by atoms with Crippen LogP contribution in [0.4, 0.5) is 0 Å². The number of aryl methyl sites for hydroxylation is 1. The van der Waals surface area contributed by atoms with E-state index in [2.05, 4.69) is 138 Å². The first-order valence-electron chi connectivity index (χ1n) is 19.7. The zero-order valence-electron chi connectivity index (χ0n) is 31.3. The first kappa shape index (κ1) is 32.5. The molecule has 0 bridgehead atoms. The van der Waals surface area contributed by atoms with Gasteiger partial charge in [-0.1, -0.05) is 133 Å². The van der Waals surface area contributed by atoms with E-state index < -0.39 is 0 Å². The number of aromatic nitrogens is 5. The number of allylic oxidation sites excluding steroid dienone is 1. The van der Waals surface area contributed by atoms with Gasteiger partial charge in [0.15, 0.2) is 17.5 Å². The van der Waals surface area contributed by atoms with E-state index in [1.165, 1.54) is 32.7 Å². The smallest absolute Gasteiger partial charge is 0.164 e. The summed E-state index contributed by atoms with van der Waals surface area (Å²) in [6.45, 7) is 0. The molecule has 0 radical (unpaired) electrons. The maximum Gasteiger partial charge on any atom is 0.164 e. The molecule has 0 saturated heterocycles. The van der Waals surface area contributed by atoms with Crippen LogP contribution in [-0.2, 0) is 6.42 Å². The third kappa shape index (κ3) is 5.12. The van der Waals surface area contributed by atoms with Gasteiger partial charge in [0, 0.05) is 38.7 Å². The Morgan fingerprint density at radius 2 is 1.17 bits per heavy atom. The van der Waals surface area contributed by atoms with Crippen LogP contribution >= 0.6 is 0 Å². The topological polar surface area (TPSA) is 69.6 Å². The first-order valence-corrected chi connectivity index (χ1v) is 19.7. The van der Waals surface area contributed by atoms with Crippen molar-refractivity contribution in [3.63, 3.8) is 0 Å². The molecular formula is C52H33N5O. The van der Waals surface area contributed by atoms with Crippen LogP contribution in [0.1, 0.15) is 17.5 Å². The quantitative estimate of drug-likeness (QED) is 0.164. The van der Waals surface area contributed by atoms with Crippen molar-refractivity contribution in [3.05, 3.63) is 181 Å². The van der Waals surface area contributed by atoms with E-state index >= 15 is 0 Å². The molecule has 8 aromatic carbocycles. The lowest BCUT2D eigenvalue weighted by molar-refractivity contribution is 0.669. The molecule has 6 heteroatoms. The Morgan fingerprint density at radius 3 is 2.05 bits per heavy atom. The van der Waals surface area contributed by atoms with Gasteiger partial charge in [-0.2, -0.15) is 0 Å². The summed E-state index contributed by atoms with van der Waals surface area (Å²) >= 11 is 0. The molecule has 0 unspecified atom stereocenters. The van der Waals surface area contributed by atoms with Gasteiger partial charge in [0.25, 0.3) is 0 Å². The van der Waals surface area contributed by atoms with Gasteiger partial charge in [-0.3, -0.25) is 4.57 Å². The highest BCUT2D eigenvalue weighted by molar-refractivity contribution is 6.14. The van der Waals surface area contributed by atoms with Crippen LogP contribution in [0.25, 0.3) is 112 Å². The van der Waals surface area contributed by atoms with Crippen LogP contribution < -0.4 is 0 Å². The van der Waals surface area contributed by atoms with Gasteiger partial charge in [0.05, 0.1) is 11.0 Å². The SMILES string of the molecule is C1=Cc2c(c3ccc(-c4nc(-c5ccc(-c6nc7ccccc7n6-c6ccccc6)cc5)nc(-c5cccc6oc7ccccc7c56)n4)cc3c3ccccc23)CC1. The molecule has 3 heterocycles. The number of hydrogen-bond donors (Lipinski definition) is 0. The maximum atomic E-state index is 6.31. The standard InChI is InChI=1S/C52H33N5O/c1-2-13-35(14-3-1)57-45-22-10-9-21-44(45)53-52(57)33-27-25-32(26-28-33)49-54-50(56-51(55-49)42-20-12-24-47-48(42)41-19-8-11-23-46(41)58-47)34-29-30-40-38-17-5-4-15-36(38)37-16-6-7-18-39(37)43(40)31-34/h1-4,6-16,18-31H,5,17H2. The molecule has 12 rings (SSSR count). The van der Waals surface area contributed by atoms with Crippen molar-refractivity contribution in [2.75, 3.05) is 0 Å². The molecule has 1 aliphatic rings. The summed E-state index contributed by atoms with van der Waals surface area (Å²) < 4.78 is 8.53. The number of fused-ring (bicyclic) bond motifs is 10. The van der Waals surface area contributed by atoms with Crippen molar-refractivity contribution in [2.24, 2.45) is 0 Å². The lowest BCUT2D eigenvalue weighted by Gasteiger charge is -2.18. The Hall–Kier alpha value is -7.70. The molecule has 1 aliphatic carbocycles. The fourth-order valence-electron chi connectivity index (χ4n) is 8.86. The predicted octanol–water partition coefficient (Wildman–Crippen LogP) is 13.0. The molecule has 3 aromatic heterocycles. The third-order valence-corrected chi connectivity index (χ3v) is 11.5. The molecule has 11 aromatic rings. The van der Waals surface area contributed by atoms with Crippen LogP contribution in [0.15, 0.2) is 174 Å². The maximum absolute atomic E-state index is 6.31. The van der Waals surface area contributed by atoms with Crippen molar-refractivity contribution in [3.8, 4) is 51.2 Å². The van der Waals surface area contributed by atoms with Gasteiger partial charge >= 0.3 is 0 Å². The minimum Gasteiger partial charge on any atom is -0.456 e. The minimum absolute atomic E-state index is 0.590. The summed E-state index contributed by atoms with van der Waals surface area (Å²) in [5, 5.41) is 7.00. The molecule has 0 fully saturated rings. The van der Waals surface area contributed by atoms with Crippen LogP contribution in [0.3, 0.4) is 0 Å². The number of para-hydroxylation sites is 4. The average molecular weight is 744 g/mol.